The van der Waals surface area contributed by atoms with Gasteiger partial charge in [0.15, 0.2) is 5.82 Å². The molecular weight excluding hydrogens is 200 g/mol. The zero-order valence-electron chi connectivity index (χ0n) is 7.61. The molecule has 0 amide bonds. The summed E-state index contributed by atoms with van der Waals surface area (Å²) < 4.78 is 1.67. The molecule has 0 aliphatic rings. The molecule has 0 unspecified atom stereocenters. The number of aryl methyl sites for hydroxylation is 1. The molecule has 0 spiro atoms. The van der Waals surface area contributed by atoms with E-state index < -0.39 is 0 Å². The Labute approximate surface area is 86.3 Å². The molecule has 0 saturated heterocycles. The molecule has 1 aromatic heterocycles. The number of nitrogens with two attached hydrogens (primary N) is 1. The molecule has 1 heterocycles. The van der Waals surface area contributed by atoms with Crippen molar-refractivity contribution in [3.05, 3.63) is 29.5 Å². The van der Waals surface area contributed by atoms with Gasteiger partial charge in [0.2, 0.25) is 0 Å². The first kappa shape index (κ1) is 9.02. The molecule has 0 bridgehead atoms. The third-order valence-corrected chi connectivity index (χ3v) is 2.11. The largest absolute Gasteiger partial charge is 0.399 e. The van der Waals surface area contributed by atoms with Gasteiger partial charge >= 0.3 is 0 Å². The zero-order valence-corrected chi connectivity index (χ0v) is 8.36. The van der Waals surface area contributed by atoms with Crippen LogP contribution in [0.5, 0.6) is 0 Å². The lowest BCUT2D eigenvalue weighted by Gasteiger charge is -2.02. The highest BCUT2D eigenvalue weighted by atomic mass is 35.5. The van der Waals surface area contributed by atoms with Crippen LogP contribution < -0.4 is 5.73 Å². The quantitative estimate of drug-likeness (QED) is 0.726. The first-order chi connectivity index (χ1) is 6.66. The average Bonchev–Trinajstić information content (AvgIpc) is 2.49. The number of hydrogen-bond donors (Lipinski definition) is 1. The van der Waals surface area contributed by atoms with Gasteiger partial charge in [-0.1, -0.05) is 11.6 Å². The minimum absolute atomic E-state index is 0.600. The van der Waals surface area contributed by atoms with Crippen LogP contribution in [0.2, 0.25) is 5.02 Å². The summed E-state index contributed by atoms with van der Waals surface area (Å²) in [5.74, 6) is 0.749. The fraction of sp³-hybridized carbons (Fsp3) is 0.111. The van der Waals surface area contributed by atoms with E-state index in [2.05, 4.69) is 10.1 Å². The van der Waals surface area contributed by atoms with E-state index in [4.69, 9.17) is 17.3 Å². The molecule has 0 saturated carbocycles. The summed E-state index contributed by atoms with van der Waals surface area (Å²) in [5, 5.41) is 4.57. The SMILES string of the molecule is Cn1ncnc1-c1cc(N)cc(Cl)c1. The van der Waals surface area contributed by atoms with E-state index in [1.54, 1.807) is 10.7 Å². The molecule has 0 aliphatic heterocycles. The second-order valence-electron chi connectivity index (χ2n) is 2.98. The minimum atomic E-state index is 0.600. The van der Waals surface area contributed by atoms with E-state index in [-0.39, 0.29) is 0 Å². The number of anilines is 1. The molecule has 0 fully saturated rings. The van der Waals surface area contributed by atoms with Gasteiger partial charge in [-0.2, -0.15) is 5.10 Å². The maximum absolute atomic E-state index is 5.88. The van der Waals surface area contributed by atoms with Crippen molar-refractivity contribution in [2.24, 2.45) is 7.05 Å². The molecule has 2 N–H and O–H groups in total. The fourth-order valence-electron chi connectivity index (χ4n) is 1.30. The Balaban J connectivity index is 2.57. The molecule has 0 aliphatic carbocycles. The lowest BCUT2D eigenvalue weighted by molar-refractivity contribution is 0.774. The van der Waals surface area contributed by atoms with E-state index in [9.17, 15) is 0 Å². The number of hydrogen-bond acceptors (Lipinski definition) is 3. The van der Waals surface area contributed by atoms with Gasteiger partial charge in [0, 0.05) is 23.3 Å². The third-order valence-electron chi connectivity index (χ3n) is 1.89. The highest BCUT2D eigenvalue weighted by Gasteiger charge is 2.05. The summed E-state index contributed by atoms with van der Waals surface area (Å²) in [5.41, 5.74) is 7.16. The van der Waals surface area contributed by atoms with Crippen molar-refractivity contribution >= 4 is 17.3 Å². The Morgan fingerprint density at radius 3 is 2.71 bits per heavy atom. The average molecular weight is 209 g/mol. The van der Waals surface area contributed by atoms with Gasteiger partial charge in [-0.25, -0.2) is 9.67 Å². The number of aromatic nitrogens is 3. The van der Waals surface area contributed by atoms with Gasteiger partial charge in [-0.15, -0.1) is 0 Å². The smallest absolute Gasteiger partial charge is 0.157 e. The Bertz CT molecular complexity index is 443. The van der Waals surface area contributed by atoms with Crippen LogP contribution in [0, 0.1) is 0 Å². The number of nitrogens with zero attached hydrogens (tertiary/aromatic N) is 3. The van der Waals surface area contributed by atoms with Crippen LogP contribution in [0.15, 0.2) is 24.5 Å². The van der Waals surface area contributed by atoms with Crippen LogP contribution in [-0.2, 0) is 7.05 Å². The van der Waals surface area contributed by atoms with Gasteiger partial charge in [0.1, 0.15) is 6.33 Å². The predicted octanol–water partition coefficient (Wildman–Crippen LogP) is 1.72. The highest BCUT2D eigenvalue weighted by molar-refractivity contribution is 6.31. The molecule has 0 atom stereocenters. The van der Waals surface area contributed by atoms with Gasteiger partial charge < -0.3 is 5.73 Å². The van der Waals surface area contributed by atoms with Crippen LogP contribution in [0.25, 0.3) is 11.4 Å². The number of rotatable bonds is 1. The Morgan fingerprint density at radius 1 is 1.36 bits per heavy atom. The summed E-state index contributed by atoms with van der Waals surface area (Å²) >= 11 is 5.88. The molecule has 2 aromatic rings. The molecule has 1 aromatic carbocycles. The first-order valence-corrected chi connectivity index (χ1v) is 4.45. The van der Waals surface area contributed by atoms with E-state index in [1.165, 1.54) is 6.33 Å². The van der Waals surface area contributed by atoms with E-state index in [0.29, 0.717) is 10.7 Å². The predicted molar refractivity (Wildman–Crippen MR) is 55.9 cm³/mol. The molecule has 4 nitrogen and oxygen atoms in total. The molecule has 5 heteroatoms. The summed E-state index contributed by atoms with van der Waals surface area (Å²) in [7, 11) is 1.82. The normalized spacial score (nSPS) is 10.4. The molecule has 0 radical (unpaired) electrons. The van der Waals surface area contributed by atoms with E-state index in [1.807, 2.05) is 19.2 Å². The van der Waals surface area contributed by atoms with Crippen LogP contribution in [0.3, 0.4) is 0 Å². The van der Waals surface area contributed by atoms with Crippen molar-refractivity contribution in [2.75, 3.05) is 5.73 Å². The van der Waals surface area contributed by atoms with Crippen LogP contribution in [-0.4, -0.2) is 14.8 Å². The standard InChI is InChI=1S/C9H9ClN4/c1-14-9(12-5-13-14)6-2-7(10)4-8(11)3-6/h2-5H,11H2,1H3. The fourth-order valence-corrected chi connectivity index (χ4v) is 1.54. The zero-order chi connectivity index (χ0) is 10.1. The van der Waals surface area contributed by atoms with Crippen LogP contribution >= 0.6 is 11.6 Å². The number of benzene rings is 1. The Hall–Kier alpha value is -1.55. The van der Waals surface area contributed by atoms with E-state index in [0.717, 1.165) is 11.4 Å². The van der Waals surface area contributed by atoms with Crippen molar-refractivity contribution in [1.29, 1.82) is 0 Å². The van der Waals surface area contributed by atoms with Crippen molar-refractivity contribution in [3.8, 4) is 11.4 Å². The Kier molecular flexibility index (Phi) is 2.13. The van der Waals surface area contributed by atoms with E-state index >= 15 is 0 Å². The van der Waals surface area contributed by atoms with Crippen molar-refractivity contribution in [3.63, 3.8) is 0 Å². The summed E-state index contributed by atoms with van der Waals surface area (Å²) in [4.78, 5) is 4.11. The maximum atomic E-state index is 5.88. The molecular formula is C9H9ClN4. The third kappa shape index (κ3) is 1.56. The van der Waals surface area contributed by atoms with Gasteiger partial charge in [-0.3, -0.25) is 0 Å². The van der Waals surface area contributed by atoms with Crippen molar-refractivity contribution in [2.45, 2.75) is 0 Å². The van der Waals surface area contributed by atoms with Gasteiger partial charge in [0.05, 0.1) is 0 Å². The van der Waals surface area contributed by atoms with Crippen molar-refractivity contribution < 1.29 is 0 Å². The van der Waals surface area contributed by atoms with Crippen LogP contribution in [0.1, 0.15) is 0 Å². The molecule has 2 rings (SSSR count). The maximum Gasteiger partial charge on any atom is 0.157 e. The summed E-state index contributed by atoms with van der Waals surface area (Å²) in [6, 6.07) is 5.32. The summed E-state index contributed by atoms with van der Waals surface area (Å²) in [6.45, 7) is 0. The lowest BCUT2D eigenvalue weighted by atomic mass is 10.2. The summed E-state index contributed by atoms with van der Waals surface area (Å²) in [6.07, 6.45) is 1.49. The van der Waals surface area contributed by atoms with Crippen molar-refractivity contribution in [1.82, 2.24) is 14.8 Å². The lowest BCUT2D eigenvalue weighted by Crippen LogP contribution is -1.95. The van der Waals surface area contributed by atoms with Gasteiger partial charge in [0.25, 0.3) is 0 Å². The monoisotopic (exact) mass is 208 g/mol. The second kappa shape index (κ2) is 3.31. The number of halogens is 1. The highest BCUT2D eigenvalue weighted by Crippen LogP contribution is 2.23. The minimum Gasteiger partial charge on any atom is -0.399 e. The Morgan fingerprint density at radius 2 is 2.14 bits per heavy atom. The molecule has 14 heavy (non-hydrogen) atoms. The topological polar surface area (TPSA) is 56.7 Å². The first-order valence-electron chi connectivity index (χ1n) is 4.07. The van der Waals surface area contributed by atoms with Gasteiger partial charge in [-0.05, 0) is 18.2 Å². The second-order valence-corrected chi connectivity index (χ2v) is 3.42. The number of nitrogen functional groups attached to an aromatic ring is 1. The van der Waals surface area contributed by atoms with Crippen LogP contribution in [0.4, 0.5) is 5.69 Å². The molecule has 72 valence electrons.